The zero-order chi connectivity index (χ0) is 26.4. The standard InChI is InChI=1S/C26H52O5Si2/c1-14-19(5)23(31-32(12,13)25(7,8)9)20(6)24(29)26(10,11)21(18-22(27)28)30-33(15-2,16-3)17-4/h14,19-21,23H,1,15-18H2,2-13H3,(H,27,28)/t19-,20?,21-,23?/m0/s1. The Morgan fingerprint density at radius 2 is 1.42 bits per heavy atom. The molecule has 1 N–H and O–H groups in total. The van der Waals surface area contributed by atoms with E-state index in [0.29, 0.717) is 0 Å². The van der Waals surface area contributed by atoms with E-state index in [-0.39, 0.29) is 29.3 Å². The minimum Gasteiger partial charge on any atom is -0.481 e. The number of carboxylic acids is 1. The minimum absolute atomic E-state index is 0.00244. The van der Waals surface area contributed by atoms with E-state index in [1.165, 1.54) is 0 Å². The van der Waals surface area contributed by atoms with Gasteiger partial charge in [-0.3, -0.25) is 9.59 Å². The molecule has 194 valence electrons. The fourth-order valence-corrected chi connectivity index (χ4v) is 8.55. The average Bonchev–Trinajstić information content (AvgIpc) is 2.72. The van der Waals surface area contributed by atoms with E-state index in [4.69, 9.17) is 8.85 Å². The van der Waals surface area contributed by atoms with Crippen molar-refractivity contribution in [2.24, 2.45) is 17.3 Å². The van der Waals surface area contributed by atoms with Gasteiger partial charge in [0, 0.05) is 11.3 Å². The molecule has 0 saturated carbocycles. The maximum absolute atomic E-state index is 14.0. The van der Waals surface area contributed by atoms with E-state index in [0.717, 1.165) is 18.1 Å². The Hall–Kier alpha value is -0.766. The molecular formula is C26H52O5Si2. The Kier molecular flexibility index (Phi) is 12.0. The van der Waals surface area contributed by atoms with E-state index in [1.807, 2.05) is 33.8 Å². The monoisotopic (exact) mass is 500 g/mol. The van der Waals surface area contributed by atoms with Gasteiger partial charge in [-0.05, 0) is 42.2 Å². The van der Waals surface area contributed by atoms with Crippen molar-refractivity contribution in [1.29, 1.82) is 0 Å². The van der Waals surface area contributed by atoms with Gasteiger partial charge in [0.15, 0.2) is 16.6 Å². The summed E-state index contributed by atoms with van der Waals surface area (Å²) in [6, 6.07) is 2.71. The number of rotatable bonds is 15. The molecule has 0 aliphatic heterocycles. The maximum Gasteiger partial charge on any atom is 0.305 e. The molecule has 0 aliphatic carbocycles. The number of carbonyl (C=O) groups excluding carboxylic acids is 1. The number of carboxylic acid groups (broad SMARTS) is 1. The number of hydrogen-bond acceptors (Lipinski definition) is 4. The van der Waals surface area contributed by atoms with Crippen molar-refractivity contribution in [2.75, 3.05) is 0 Å². The quantitative estimate of drug-likeness (QED) is 0.189. The van der Waals surface area contributed by atoms with Crippen LogP contribution in [0.2, 0.25) is 36.3 Å². The van der Waals surface area contributed by atoms with Crippen LogP contribution in [0.15, 0.2) is 12.7 Å². The van der Waals surface area contributed by atoms with Gasteiger partial charge in [0.05, 0.1) is 18.6 Å². The van der Waals surface area contributed by atoms with Gasteiger partial charge in [-0.15, -0.1) is 6.58 Å². The Morgan fingerprint density at radius 1 is 0.970 bits per heavy atom. The van der Waals surface area contributed by atoms with Crippen LogP contribution in [0, 0.1) is 17.3 Å². The van der Waals surface area contributed by atoms with Crippen molar-refractivity contribution >= 4 is 28.4 Å². The zero-order valence-corrected chi connectivity index (χ0v) is 25.5. The predicted octanol–water partition coefficient (Wildman–Crippen LogP) is 7.30. The van der Waals surface area contributed by atoms with E-state index < -0.39 is 40.0 Å². The maximum atomic E-state index is 14.0. The Labute approximate surface area is 206 Å². The molecular weight excluding hydrogens is 448 g/mol. The first-order valence-electron chi connectivity index (χ1n) is 12.6. The van der Waals surface area contributed by atoms with E-state index in [1.54, 1.807) is 0 Å². The van der Waals surface area contributed by atoms with Crippen LogP contribution in [0.1, 0.15) is 75.7 Å². The lowest BCUT2D eigenvalue weighted by atomic mass is 9.73. The second kappa shape index (κ2) is 12.3. The third-order valence-electron chi connectivity index (χ3n) is 8.16. The van der Waals surface area contributed by atoms with Crippen molar-refractivity contribution in [3.05, 3.63) is 12.7 Å². The topological polar surface area (TPSA) is 72.8 Å². The van der Waals surface area contributed by atoms with Gasteiger partial charge in [-0.1, -0.05) is 75.3 Å². The summed E-state index contributed by atoms with van der Waals surface area (Å²) >= 11 is 0. The Bertz CT molecular complexity index is 654. The molecule has 0 bridgehead atoms. The zero-order valence-electron chi connectivity index (χ0n) is 23.5. The largest absolute Gasteiger partial charge is 0.481 e. The van der Waals surface area contributed by atoms with Crippen molar-refractivity contribution < 1.29 is 23.5 Å². The normalized spacial score (nSPS) is 17.2. The molecule has 0 aromatic heterocycles. The molecule has 0 saturated heterocycles. The summed E-state index contributed by atoms with van der Waals surface area (Å²) < 4.78 is 13.4. The van der Waals surface area contributed by atoms with Gasteiger partial charge in [0.1, 0.15) is 5.78 Å². The minimum atomic E-state index is -2.14. The summed E-state index contributed by atoms with van der Waals surface area (Å²) in [4.78, 5) is 25.8. The summed E-state index contributed by atoms with van der Waals surface area (Å²) in [7, 11) is -4.26. The van der Waals surface area contributed by atoms with Gasteiger partial charge in [0.25, 0.3) is 0 Å². The average molecular weight is 501 g/mol. The summed E-state index contributed by atoms with van der Waals surface area (Å²) in [6.45, 7) is 28.9. The number of ketones is 1. The molecule has 0 rings (SSSR count). The molecule has 7 heteroatoms. The molecule has 0 heterocycles. The molecule has 4 atom stereocenters. The smallest absolute Gasteiger partial charge is 0.305 e. The van der Waals surface area contributed by atoms with Crippen LogP contribution in [0.25, 0.3) is 0 Å². The Morgan fingerprint density at radius 3 is 1.76 bits per heavy atom. The van der Waals surface area contributed by atoms with Gasteiger partial charge in [0.2, 0.25) is 0 Å². The fourth-order valence-electron chi connectivity index (χ4n) is 4.11. The number of aliphatic carboxylic acids is 1. The van der Waals surface area contributed by atoms with Gasteiger partial charge >= 0.3 is 5.97 Å². The number of carbonyl (C=O) groups is 2. The molecule has 5 nitrogen and oxygen atoms in total. The fraction of sp³-hybridized carbons (Fsp3) is 0.846. The van der Waals surface area contributed by atoms with Gasteiger partial charge in [-0.2, -0.15) is 0 Å². The van der Waals surface area contributed by atoms with Crippen molar-refractivity contribution in [3.63, 3.8) is 0 Å². The molecule has 0 radical (unpaired) electrons. The van der Waals surface area contributed by atoms with Gasteiger partial charge in [-0.25, -0.2) is 0 Å². The molecule has 0 spiro atoms. The van der Waals surface area contributed by atoms with E-state index >= 15 is 0 Å². The van der Waals surface area contributed by atoms with Crippen molar-refractivity contribution in [2.45, 2.75) is 124 Å². The van der Waals surface area contributed by atoms with Crippen molar-refractivity contribution in [3.8, 4) is 0 Å². The highest BCUT2D eigenvalue weighted by Gasteiger charge is 2.48. The summed E-state index contributed by atoms with van der Waals surface area (Å²) in [6.07, 6.45) is 0.698. The molecule has 0 aromatic carbocycles. The van der Waals surface area contributed by atoms with Crippen LogP contribution in [0.3, 0.4) is 0 Å². The SMILES string of the molecule is C=C[C@H](C)C(O[Si](C)(C)C(C)(C)C)C(C)C(=O)C(C)(C)[C@H](CC(=O)O)O[Si](CC)(CC)CC. The van der Waals surface area contributed by atoms with Crippen LogP contribution in [-0.2, 0) is 18.4 Å². The lowest BCUT2D eigenvalue weighted by molar-refractivity contribution is -0.146. The molecule has 0 amide bonds. The van der Waals surface area contributed by atoms with Crippen LogP contribution in [0.4, 0.5) is 0 Å². The highest BCUT2D eigenvalue weighted by Crippen LogP contribution is 2.41. The van der Waals surface area contributed by atoms with Crippen molar-refractivity contribution in [1.82, 2.24) is 0 Å². The Balaban J connectivity index is 6.22. The highest BCUT2D eigenvalue weighted by atomic mass is 28.4. The number of Topliss-reactive ketones (excluding diaryl/α,β-unsaturated/α-hetero) is 1. The molecule has 2 unspecified atom stereocenters. The molecule has 0 aromatic rings. The highest BCUT2D eigenvalue weighted by molar-refractivity contribution is 6.74. The lowest BCUT2D eigenvalue weighted by Crippen LogP contribution is -2.53. The molecule has 0 aliphatic rings. The molecule has 33 heavy (non-hydrogen) atoms. The third-order valence-corrected chi connectivity index (χ3v) is 17.3. The van der Waals surface area contributed by atoms with Crippen LogP contribution in [0.5, 0.6) is 0 Å². The lowest BCUT2D eigenvalue weighted by Gasteiger charge is -2.45. The predicted molar refractivity (Wildman–Crippen MR) is 144 cm³/mol. The first kappa shape index (κ1) is 32.2. The van der Waals surface area contributed by atoms with E-state index in [9.17, 15) is 14.7 Å². The summed E-state index contributed by atoms with van der Waals surface area (Å²) in [5.74, 6) is -1.36. The third kappa shape index (κ3) is 8.15. The summed E-state index contributed by atoms with van der Waals surface area (Å²) in [5, 5.41) is 9.66. The number of hydrogen-bond donors (Lipinski definition) is 1. The molecule has 0 fully saturated rings. The first-order chi connectivity index (χ1) is 14.9. The van der Waals surface area contributed by atoms with E-state index in [2.05, 4.69) is 61.2 Å². The van der Waals surface area contributed by atoms with Crippen LogP contribution >= 0.6 is 0 Å². The van der Waals surface area contributed by atoms with Crippen LogP contribution in [-0.4, -0.2) is 45.7 Å². The second-order valence-electron chi connectivity index (χ2n) is 11.8. The van der Waals surface area contributed by atoms with Crippen LogP contribution < -0.4 is 0 Å². The van der Waals surface area contributed by atoms with Gasteiger partial charge < -0.3 is 14.0 Å². The summed E-state index contributed by atoms with van der Waals surface area (Å²) in [5.41, 5.74) is -0.953. The first-order valence-corrected chi connectivity index (χ1v) is 18.0. The second-order valence-corrected chi connectivity index (χ2v) is 21.2.